The van der Waals surface area contributed by atoms with Gasteiger partial charge in [-0.25, -0.2) is 20.0 Å². The van der Waals surface area contributed by atoms with Gasteiger partial charge in [-0.15, -0.1) is 0 Å². The maximum absolute atomic E-state index is 11.1. The fourth-order valence-corrected chi connectivity index (χ4v) is 0.756. The van der Waals surface area contributed by atoms with Crippen LogP contribution in [0.25, 0.3) is 0 Å². The van der Waals surface area contributed by atoms with Crippen molar-refractivity contribution in [3.05, 3.63) is 0 Å². The first kappa shape index (κ1) is 13.5. The average Bonchev–Trinajstić information content (AvgIpc) is 2.11. The van der Waals surface area contributed by atoms with E-state index in [-0.39, 0.29) is 19.8 Å². The summed E-state index contributed by atoms with van der Waals surface area (Å²) in [5, 5.41) is 26.3. The van der Waals surface area contributed by atoms with Gasteiger partial charge in [-0.05, 0) is 6.92 Å². The van der Waals surface area contributed by atoms with Crippen molar-refractivity contribution in [2.75, 3.05) is 19.8 Å². The molecule has 0 radical (unpaired) electrons. The molecular formula is C7H14N2O6. The molecule has 0 aromatic carbocycles. The number of nitrogens with one attached hydrogen (secondary N) is 1. The highest BCUT2D eigenvalue weighted by molar-refractivity contribution is 5.72. The van der Waals surface area contributed by atoms with E-state index in [1.165, 1.54) is 6.92 Å². The zero-order valence-corrected chi connectivity index (χ0v) is 8.21. The topological polar surface area (TPSA) is 119 Å². The molecule has 0 rings (SSSR count). The molecule has 0 saturated heterocycles. The summed E-state index contributed by atoms with van der Waals surface area (Å²) in [6.07, 6.45) is -3.33. The number of amides is 2. The molecule has 8 nitrogen and oxygen atoms in total. The molecule has 0 heterocycles. The van der Waals surface area contributed by atoms with Gasteiger partial charge in [-0.1, -0.05) is 0 Å². The van der Waals surface area contributed by atoms with E-state index >= 15 is 0 Å². The van der Waals surface area contributed by atoms with Crippen LogP contribution in [-0.2, 0) is 4.74 Å². The Balaban J connectivity index is 4.20. The number of aliphatic hydroxyl groups is 2. The summed E-state index contributed by atoms with van der Waals surface area (Å²) in [4.78, 5) is 21.4. The molecule has 88 valence electrons. The van der Waals surface area contributed by atoms with Gasteiger partial charge in [0.25, 0.3) is 0 Å². The number of ether oxygens (including phenoxy) is 1. The molecule has 0 aromatic heterocycles. The van der Waals surface area contributed by atoms with Crippen molar-refractivity contribution in [2.24, 2.45) is 0 Å². The van der Waals surface area contributed by atoms with Crippen LogP contribution in [0.3, 0.4) is 0 Å². The van der Waals surface area contributed by atoms with E-state index in [1.54, 1.807) is 5.43 Å². The van der Waals surface area contributed by atoms with Crippen molar-refractivity contribution in [1.29, 1.82) is 0 Å². The van der Waals surface area contributed by atoms with Gasteiger partial charge >= 0.3 is 12.2 Å². The summed E-state index contributed by atoms with van der Waals surface area (Å²) in [6, 6.07) is 0. The van der Waals surface area contributed by atoms with Crippen LogP contribution in [0.4, 0.5) is 9.59 Å². The van der Waals surface area contributed by atoms with Crippen LogP contribution in [0, 0.1) is 0 Å². The van der Waals surface area contributed by atoms with Crippen LogP contribution in [-0.4, -0.2) is 58.4 Å². The number of nitrogens with zero attached hydrogens (tertiary/aromatic N) is 1. The van der Waals surface area contributed by atoms with E-state index in [4.69, 9.17) is 15.3 Å². The lowest BCUT2D eigenvalue weighted by Crippen LogP contribution is -2.49. The summed E-state index contributed by atoms with van der Waals surface area (Å²) in [5.41, 5.74) is 1.75. The van der Waals surface area contributed by atoms with Gasteiger partial charge in [-0.3, -0.25) is 0 Å². The minimum atomic E-state index is -1.45. The van der Waals surface area contributed by atoms with Crippen molar-refractivity contribution in [3.63, 3.8) is 0 Å². The van der Waals surface area contributed by atoms with Gasteiger partial charge in [0.05, 0.1) is 19.3 Å². The molecule has 8 heteroatoms. The lowest BCUT2D eigenvalue weighted by molar-refractivity contribution is 0.0469. The number of carbonyl (C=O) groups is 2. The maximum atomic E-state index is 11.1. The first-order valence-corrected chi connectivity index (χ1v) is 4.20. The summed E-state index contributed by atoms with van der Waals surface area (Å²) in [6.45, 7) is 0.546. The van der Waals surface area contributed by atoms with Crippen molar-refractivity contribution in [2.45, 2.75) is 13.0 Å². The standard InChI is InChI=1S/C7H14N2O6/c1-5(11)4-9(8-6(12)13)7(14)15-3-2-10/h5,8,10-11H,2-4H2,1H3,(H,12,13). The number of hydrogen-bond donors (Lipinski definition) is 4. The van der Waals surface area contributed by atoms with Crippen molar-refractivity contribution in [3.8, 4) is 0 Å². The van der Waals surface area contributed by atoms with E-state index in [0.717, 1.165) is 0 Å². The SMILES string of the molecule is CC(O)CN(NC(=O)O)C(=O)OCCO. The molecule has 15 heavy (non-hydrogen) atoms. The summed E-state index contributed by atoms with van der Waals surface area (Å²) in [7, 11) is 0. The van der Waals surface area contributed by atoms with Gasteiger partial charge in [0.15, 0.2) is 0 Å². The molecule has 2 amide bonds. The van der Waals surface area contributed by atoms with Gasteiger partial charge in [-0.2, -0.15) is 0 Å². The molecule has 4 N–H and O–H groups in total. The maximum Gasteiger partial charge on any atom is 0.428 e. The van der Waals surface area contributed by atoms with Gasteiger partial charge in [0.1, 0.15) is 6.61 Å². The minimum Gasteiger partial charge on any atom is -0.464 e. The van der Waals surface area contributed by atoms with Crippen LogP contribution in [0.15, 0.2) is 0 Å². The zero-order valence-electron chi connectivity index (χ0n) is 8.21. The fraction of sp³-hybridized carbons (Fsp3) is 0.714. The molecule has 1 atom stereocenters. The first-order chi connectivity index (χ1) is 6.97. The van der Waals surface area contributed by atoms with Crippen LogP contribution in [0.2, 0.25) is 0 Å². The smallest absolute Gasteiger partial charge is 0.428 e. The summed E-state index contributed by atoms with van der Waals surface area (Å²) >= 11 is 0. The first-order valence-electron chi connectivity index (χ1n) is 4.20. The number of rotatable bonds is 4. The number of carboxylic acid groups (broad SMARTS) is 1. The molecule has 0 aliphatic carbocycles. The number of hydrazine groups is 1. The van der Waals surface area contributed by atoms with Gasteiger partial charge in [0, 0.05) is 0 Å². The van der Waals surface area contributed by atoms with E-state index in [1.807, 2.05) is 0 Å². The molecule has 0 saturated carbocycles. The zero-order chi connectivity index (χ0) is 11.8. The average molecular weight is 222 g/mol. The third-order valence-electron chi connectivity index (χ3n) is 1.21. The highest BCUT2D eigenvalue weighted by Crippen LogP contribution is 1.93. The number of hydrogen-bond acceptors (Lipinski definition) is 5. The second-order valence-electron chi connectivity index (χ2n) is 2.71. The highest BCUT2D eigenvalue weighted by Gasteiger charge is 2.18. The Labute approximate surface area is 86.0 Å². The quantitative estimate of drug-likeness (QED) is 0.452. The lowest BCUT2D eigenvalue weighted by Gasteiger charge is -2.21. The Kier molecular flexibility index (Phi) is 6.14. The second-order valence-corrected chi connectivity index (χ2v) is 2.71. The molecule has 1 unspecified atom stereocenters. The molecule has 0 bridgehead atoms. The Morgan fingerprint density at radius 2 is 2.13 bits per heavy atom. The monoisotopic (exact) mass is 222 g/mol. The lowest BCUT2D eigenvalue weighted by atomic mass is 10.4. The minimum absolute atomic E-state index is 0.240. The van der Waals surface area contributed by atoms with Crippen LogP contribution in [0.5, 0.6) is 0 Å². The molecule has 0 aliphatic rings. The van der Waals surface area contributed by atoms with E-state index in [0.29, 0.717) is 5.01 Å². The van der Waals surface area contributed by atoms with Crippen LogP contribution in [0.1, 0.15) is 6.92 Å². The van der Waals surface area contributed by atoms with Gasteiger partial charge in [0.2, 0.25) is 0 Å². The van der Waals surface area contributed by atoms with E-state index in [9.17, 15) is 9.59 Å². The molecule has 0 aliphatic heterocycles. The van der Waals surface area contributed by atoms with Crippen molar-refractivity contribution >= 4 is 12.2 Å². The number of aliphatic hydroxyl groups excluding tert-OH is 2. The third-order valence-corrected chi connectivity index (χ3v) is 1.21. The van der Waals surface area contributed by atoms with E-state index in [2.05, 4.69) is 4.74 Å². The molecule has 0 fully saturated rings. The molecular weight excluding hydrogens is 208 g/mol. The molecule has 0 aromatic rings. The predicted molar refractivity (Wildman–Crippen MR) is 48.0 cm³/mol. The van der Waals surface area contributed by atoms with Crippen molar-refractivity contribution in [1.82, 2.24) is 10.4 Å². The summed E-state index contributed by atoms with van der Waals surface area (Å²) in [5.74, 6) is 0. The fourth-order valence-electron chi connectivity index (χ4n) is 0.756. The largest absolute Gasteiger partial charge is 0.464 e. The van der Waals surface area contributed by atoms with Gasteiger partial charge < -0.3 is 20.1 Å². The van der Waals surface area contributed by atoms with E-state index < -0.39 is 18.3 Å². The Bertz CT molecular complexity index is 220. The van der Waals surface area contributed by atoms with Crippen molar-refractivity contribution < 1.29 is 29.6 Å². The highest BCUT2D eigenvalue weighted by atomic mass is 16.6. The third kappa shape index (κ3) is 6.52. The van der Waals surface area contributed by atoms with Crippen LogP contribution >= 0.6 is 0 Å². The Hall–Kier alpha value is -1.54. The second kappa shape index (κ2) is 6.85. The molecule has 0 spiro atoms. The summed E-state index contributed by atoms with van der Waals surface area (Å²) < 4.78 is 4.46. The predicted octanol–water partition coefficient (Wildman–Crippen LogP) is -1.02. The Morgan fingerprint density at radius 3 is 2.53 bits per heavy atom. The van der Waals surface area contributed by atoms with Crippen LogP contribution < -0.4 is 5.43 Å². The Morgan fingerprint density at radius 1 is 1.53 bits per heavy atom. The number of carbonyl (C=O) groups excluding carboxylic acids is 1. The normalized spacial score (nSPS) is 11.7.